The van der Waals surface area contributed by atoms with Gasteiger partial charge in [0.1, 0.15) is 0 Å². The molecule has 0 bridgehead atoms. The number of hydrogen-bond acceptors (Lipinski definition) is 3. The molecule has 0 aliphatic carbocycles. The molecule has 1 unspecified atom stereocenters. The molecule has 2 N–H and O–H groups in total. The van der Waals surface area contributed by atoms with Crippen molar-refractivity contribution in [1.29, 1.82) is 0 Å². The lowest BCUT2D eigenvalue weighted by Gasteiger charge is -2.20. The molecule has 1 atom stereocenters. The van der Waals surface area contributed by atoms with Crippen molar-refractivity contribution in [2.24, 2.45) is 4.99 Å². The Morgan fingerprint density at radius 2 is 2.38 bits per heavy atom. The Balaban J connectivity index is 2.64. The van der Waals surface area contributed by atoms with Crippen LogP contribution in [0.2, 0.25) is 0 Å². The molecule has 0 amide bonds. The van der Waals surface area contributed by atoms with E-state index in [1.807, 2.05) is 13.8 Å². The third-order valence-corrected chi connectivity index (χ3v) is 1.30. The molecule has 8 heavy (non-hydrogen) atoms. The molecule has 0 aromatic heterocycles. The molecule has 0 saturated carbocycles. The van der Waals surface area contributed by atoms with Crippen molar-refractivity contribution in [2.45, 2.75) is 25.6 Å². The van der Waals surface area contributed by atoms with Crippen LogP contribution in [0.1, 0.15) is 13.8 Å². The van der Waals surface area contributed by atoms with Gasteiger partial charge in [-0.25, -0.2) is 4.99 Å². The summed E-state index contributed by atoms with van der Waals surface area (Å²) in [4.78, 5) is 3.71. The Labute approximate surface area is 48.4 Å². The highest BCUT2D eigenvalue weighted by molar-refractivity contribution is 5.58. The van der Waals surface area contributed by atoms with E-state index in [2.05, 4.69) is 10.3 Å². The summed E-state index contributed by atoms with van der Waals surface area (Å²) in [7, 11) is 0. The van der Waals surface area contributed by atoms with E-state index in [4.69, 9.17) is 5.11 Å². The van der Waals surface area contributed by atoms with Gasteiger partial charge < -0.3 is 10.4 Å². The molecule has 1 aliphatic rings. The zero-order chi connectivity index (χ0) is 6.20. The highest BCUT2D eigenvalue weighted by Crippen LogP contribution is 2.12. The quantitative estimate of drug-likeness (QED) is 0.454. The van der Waals surface area contributed by atoms with Crippen LogP contribution in [0.5, 0.6) is 0 Å². The van der Waals surface area contributed by atoms with Gasteiger partial charge in [-0.15, -0.1) is 0 Å². The van der Waals surface area contributed by atoms with Crippen molar-refractivity contribution >= 4 is 6.34 Å². The molecular formula is C5H10N2O. The first-order chi connectivity index (χ1) is 3.63. The lowest BCUT2D eigenvalue weighted by atomic mass is 10.1. The van der Waals surface area contributed by atoms with Crippen molar-refractivity contribution in [2.75, 3.05) is 0 Å². The average molecular weight is 114 g/mol. The number of rotatable bonds is 0. The lowest BCUT2D eigenvalue weighted by Crippen LogP contribution is -2.42. The Morgan fingerprint density at radius 3 is 2.50 bits per heavy atom. The van der Waals surface area contributed by atoms with E-state index < -0.39 is 6.23 Å². The molecular weight excluding hydrogens is 104 g/mol. The molecule has 3 nitrogen and oxygen atoms in total. The van der Waals surface area contributed by atoms with Crippen LogP contribution in [-0.4, -0.2) is 23.2 Å². The summed E-state index contributed by atoms with van der Waals surface area (Å²) in [6.07, 6.45) is 0.951. The minimum atomic E-state index is -0.581. The minimum Gasteiger partial charge on any atom is -0.370 e. The summed E-state index contributed by atoms with van der Waals surface area (Å²) in [5.74, 6) is 0. The fraction of sp³-hybridized carbons (Fsp3) is 0.800. The van der Waals surface area contributed by atoms with Gasteiger partial charge in [0.25, 0.3) is 0 Å². The van der Waals surface area contributed by atoms with Crippen molar-refractivity contribution in [3.8, 4) is 0 Å². The fourth-order valence-electron chi connectivity index (χ4n) is 0.535. The van der Waals surface area contributed by atoms with Crippen molar-refractivity contribution in [1.82, 2.24) is 5.32 Å². The van der Waals surface area contributed by atoms with Gasteiger partial charge in [-0.3, -0.25) is 0 Å². The summed E-state index contributed by atoms with van der Waals surface area (Å²) >= 11 is 0. The first-order valence-electron chi connectivity index (χ1n) is 2.60. The molecule has 46 valence electrons. The molecule has 0 fully saturated rings. The van der Waals surface area contributed by atoms with Gasteiger partial charge in [-0.05, 0) is 13.8 Å². The zero-order valence-corrected chi connectivity index (χ0v) is 5.05. The molecule has 3 heteroatoms. The van der Waals surface area contributed by atoms with Crippen LogP contribution >= 0.6 is 0 Å². The van der Waals surface area contributed by atoms with Crippen LogP contribution in [-0.2, 0) is 0 Å². The first kappa shape index (κ1) is 5.56. The second kappa shape index (κ2) is 1.45. The molecule has 0 aromatic rings. The molecule has 0 spiro atoms. The molecule has 0 radical (unpaired) electrons. The molecule has 0 aromatic carbocycles. The van der Waals surface area contributed by atoms with Crippen molar-refractivity contribution in [3.63, 3.8) is 0 Å². The number of nitrogens with zero attached hydrogens (tertiary/aromatic N) is 1. The van der Waals surface area contributed by atoms with Crippen LogP contribution in [0.4, 0.5) is 0 Å². The van der Waals surface area contributed by atoms with Gasteiger partial charge in [-0.2, -0.15) is 0 Å². The molecule has 1 heterocycles. The van der Waals surface area contributed by atoms with Gasteiger partial charge in [0.2, 0.25) is 0 Å². The van der Waals surface area contributed by atoms with Gasteiger partial charge in [0, 0.05) is 0 Å². The standard InChI is InChI=1S/C5H10N2O/c1-5(2)4(8)6-3-7-5/h3-4,8H,1-2H3,(H,6,7). The molecule has 0 saturated heterocycles. The second-order valence-electron chi connectivity index (χ2n) is 2.52. The SMILES string of the molecule is CC1(C)NC=NC1O. The number of aliphatic imine (C=N–C) groups is 1. The monoisotopic (exact) mass is 114 g/mol. The van der Waals surface area contributed by atoms with E-state index in [9.17, 15) is 0 Å². The van der Waals surface area contributed by atoms with Gasteiger partial charge in [0.15, 0.2) is 6.23 Å². The van der Waals surface area contributed by atoms with Crippen molar-refractivity contribution < 1.29 is 5.11 Å². The smallest absolute Gasteiger partial charge is 0.169 e. The van der Waals surface area contributed by atoms with Crippen LogP contribution in [0.25, 0.3) is 0 Å². The van der Waals surface area contributed by atoms with Crippen molar-refractivity contribution in [3.05, 3.63) is 0 Å². The zero-order valence-electron chi connectivity index (χ0n) is 5.05. The summed E-state index contributed by atoms with van der Waals surface area (Å²) in [5, 5.41) is 11.9. The van der Waals surface area contributed by atoms with E-state index in [0.29, 0.717) is 0 Å². The molecule has 1 aliphatic heterocycles. The largest absolute Gasteiger partial charge is 0.370 e. The van der Waals surface area contributed by atoms with Crippen LogP contribution in [0.15, 0.2) is 4.99 Å². The maximum atomic E-state index is 9.00. The Bertz CT molecular complexity index is 120. The van der Waals surface area contributed by atoms with E-state index in [0.717, 1.165) is 0 Å². The predicted octanol–water partition coefficient (Wildman–Crippen LogP) is -0.285. The van der Waals surface area contributed by atoms with Crippen LogP contribution in [0.3, 0.4) is 0 Å². The summed E-state index contributed by atoms with van der Waals surface area (Å²) in [5.41, 5.74) is -0.264. The summed E-state index contributed by atoms with van der Waals surface area (Å²) < 4.78 is 0. The van der Waals surface area contributed by atoms with Gasteiger partial charge >= 0.3 is 0 Å². The van der Waals surface area contributed by atoms with E-state index >= 15 is 0 Å². The van der Waals surface area contributed by atoms with E-state index in [1.165, 1.54) is 6.34 Å². The Hall–Kier alpha value is -0.570. The van der Waals surface area contributed by atoms with E-state index in [1.54, 1.807) is 0 Å². The third kappa shape index (κ3) is 0.690. The maximum absolute atomic E-state index is 9.00. The second-order valence-corrected chi connectivity index (χ2v) is 2.52. The normalized spacial score (nSPS) is 32.6. The Morgan fingerprint density at radius 1 is 1.75 bits per heavy atom. The topological polar surface area (TPSA) is 44.6 Å². The van der Waals surface area contributed by atoms with E-state index in [-0.39, 0.29) is 5.54 Å². The van der Waals surface area contributed by atoms with Gasteiger partial charge in [0.05, 0.1) is 11.9 Å². The minimum absolute atomic E-state index is 0.264. The van der Waals surface area contributed by atoms with Crippen LogP contribution in [0, 0.1) is 0 Å². The first-order valence-corrected chi connectivity index (χ1v) is 2.60. The highest BCUT2D eigenvalue weighted by atomic mass is 16.3. The number of hydrogen-bond donors (Lipinski definition) is 2. The summed E-state index contributed by atoms with van der Waals surface area (Å²) in [6, 6.07) is 0. The number of aliphatic hydroxyl groups excluding tert-OH is 1. The van der Waals surface area contributed by atoms with Gasteiger partial charge in [-0.1, -0.05) is 0 Å². The lowest BCUT2D eigenvalue weighted by molar-refractivity contribution is 0.115. The predicted molar refractivity (Wildman–Crippen MR) is 31.7 cm³/mol. The fourth-order valence-corrected chi connectivity index (χ4v) is 0.535. The Kier molecular flexibility index (Phi) is 1.01. The number of aliphatic hydroxyl groups is 1. The third-order valence-electron chi connectivity index (χ3n) is 1.30. The average Bonchev–Trinajstić information content (AvgIpc) is 1.86. The van der Waals surface area contributed by atoms with Crippen LogP contribution < -0.4 is 5.32 Å². The summed E-state index contributed by atoms with van der Waals surface area (Å²) in [6.45, 7) is 3.79. The number of nitrogens with one attached hydrogen (secondary N) is 1. The molecule has 1 rings (SSSR count). The maximum Gasteiger partial charge on any atom is 0.169 e. The highest BCUT2D eigenvalue weighted by Gasteiger charge is 2.29.